The minimum Gasteiger partial charge on any atom is -0.504 e. The quantitative estimate of drug-likeness (QED) is 0.434. The molecule has 0 fully saturated rings. The van der Waals surface area contributed by atoms with E-state index in [2.05, 4.69) is 10.3 Å². The summed E-state index contributed by atoms with van der Waals surface area (Å²) in [6.45, 7) is 2.17. The van der Waals surface area contributed by atoms with E-state index in [4.69, 9.17) is 4.74 Å². The normalized spacial score (nSPS) is 15.2. The predicted molar refractivity (Wildman–Crippen MR) is 120 cm³/mol. The predicted octanol–water partition coefficient (Wildman–Crippen LogP) is 3.79. The van der Waals surface area contributed by atoms with Gasteiger partial charge >= 0.3 is 0 Å². The molecule has 32 heavy (non-hydrogen) atoms. The van der Waals surface area contributed by atoms with Crippen molar-refractivity contribution < 1.29 is 19.0 Å². The van der Waals surface area contributed by atoms with Gasteiger partial charge in [0.15, 0.2) is 16.7 Å². The molecule has 0 bridgehead atoms. The molecule has 0 saturated heterocycles. The molecule has 0 spiro atoms. The van der Waals surface area contributed by atoms with E-state index in [-0.39, 0.29) is 23.9 Å². The number of benzene rings is 2. The van der Waals surface area contributed by atoms with Gasteiger partial charge in [-0.15, -0.1) is 0 Å². The third-order valence-corrected chi connectivity index (χ3v) is 6.38. The average Bonchev–Trinajstić information content (AvgIpc) is 2.77. The summed E-state index contributed by atoms with van der Waals surface area (Å²) < 4.78 is 21.1. The highest BCUT2D eigenvalue weighted by molar-refractivity contribution is 7.98. The maximum Gasteiger partial charge on any atom is 0.279 e. The van der Waals surface area contributed by atoms with Gasteiger partial charge in [0.2, 0.25) is 5.91 Å². The molecule has 1 aromatic heterocycles. The van der Waals surface area contributed by atoms with Crippen LogP contribution in [0.3, 0.4) is 0 Å². The number of hydrogen-bond acceptors (Lipinski definition) is 6. The van der Waals surface area contributed by atoms with Crippen LogP contribution in [-0.4, -0.2) is 27.2 Å². The van der Waals surface area contributed by atoms with Gasteiger partial charge in [-0.1, -0.05) is 36.0 Å². The molecule has 7 nitrogen and oxygen atoms in total. The third-order valence-electron chi connectivity index (χ3n) is 5.30. The van der Waals surface area contributed by atoms with Crippen LogP contribution in [-0.2, 0) is 17.6 Å². The van der Waals surface area contributed by atoms with Crippen LogP contribution in [0.25, 0.3) is 0 Å². The number of halogens is 1. The molecule has 2 N–H and O–H groups in total. The number of aromatic hydroxyl groups is 1. The number of aromatic nitrogens is 2. The van der Waals surface area contributed by atoms with Crippen LogP contribution in [0, 0.1) is 5.82 Å². The second-order valence-corrected chi connectivity index (χ2v) is 8.31. The summed E-state index contributed by atoms with van der Waals surface area (Å²) in [6.07, 6.45) is 0.0714. The van der Waals surface area contributed by atoms with Gasteiger partial charge in [-0.3, -0.25) is 9.59 Å². The van der Waals surface area contributed by atoms with E-state index in [1.54, 1.807) is 48.9 Å². The molecule has 1 aliphatic rings. The molecule has 4 rings (SSSR count). The molecule has 3 aromatic rings. The lowest BCUT2D eigenvalue weighted by Crippen LogP contribution is -2.33. The summed E-state index contributed by atoms with van der Waals surface area (Å²) in [6, 6.07) is 11.2. The average molecular weight is 456 g/mol. The van der Waals surface area contributed by atoms with Gasteiger partial charge in [-0.2, -0.15) is 4.98 Å². The van der Waals surface area contributed by atoms with E-state index >= 15 is 0 Å². The topological polar surface area (TPSA) is 93.5 Å². The molecule has 0 radical (unpaired) electrons. The summed E-state index contributed by atoms with van der Waals surface area (Å²) in [7, 11) is 1.71. The number of hydrogen-bond donors (Lipinski definition) is 2. The fourth-order valence-electron chi connectivity index (χ4n) is 3.73. The highest BCUT2D eigenvalue weighted by Crippen LogP contribution is 2.39. The summed E-state index contributed by atoms with van der Waals surface area (Å²) in [4.78, 5) is 29.8. The molecule has 1 aliphatic heterocycles. The second-order valence-electron chi connectivity index (χ2n) is 7.37. The SMILES string of the molecule is CCOc1cc([C@@H]2CC(=O)Nc3c2c(=O)nc(SCc2ccccc2F)n3C)ccc1O. The Labute approximate surface area is 188 Å². The van der Waals surface area contributed by atoms with E-state index in [0.29, 0.717) is 45.8 Å². The van der Waals surface area contributed by atoms with Crippen molar-refractivity contribution in [2.24, 2.45) is 7.05 Å². The molecule has 0 unspecified atom stereocenters. The Bertz CT molecular complexity index is 1240. The smallest absolute Gasteiger partial charge is 0.279 e. The van der Waals surface area contributed by atoms with Gasteiger partial charge in [-0.05, 0) is 36.2 Å². The first kappa shape index (κ1) is 21.9. The van der Waals surface area contributed by atoms with Crippen LogP contribution < -0.4 is 15.6 Å². The van der Waals surface area contributed by atoms with Gasteiger partial charge < -0.3 is 19.7 Å². The van der Waals surface area contributed by atoms with Crippen molar-refractivity contribution in [3.05, 3.63) is 75.3 Å². The van der Waals surface area contributed by atoms with Gasteiger partial charge in [0.05, 0.1) is 12.2 Å². The van der Waals surface area contributed by atoms with E-state index in [0.717, 1.165) is 0 Å². The monoisotopic (exact) mass is 455 g/mol. The Hall–Kier alpha value is -3.33. The van der Waals surface area contributed by atoms with Gasteiger partial charge in [0.25, 0.3) is 5.56 Å². The first-order chi connectivity index (χ1) is 15.4. The number of fused-ring (bicyclic) bond motifs is 1. The summed E-state index contributed by atoms with van der Waals surface area (Å²) >= 11 is 1.22. The molecular weight excluding hydrogens is 433 g/mol. The maximum absolute atomic E-state index is 14.0. The third kappa shape index (κ3) is 4.20. The molecular formula is C23H22FN3O4S. The highest BCUT2D eigenvalue weighted by Gasteiger charge is 2.32. The minimum atomic E-state index is -0.532. The number of carbonyl (C=O) groups excluding carboxylic acids is 1. The minimum absolute atomic E-state index is 0.0120. The largest absolute Gasteiger partial charge is 0.504 e. The van der Waals surface area contributed by atoms with Crippen molar-refractivity contribution >= 4 is 23.5 Å². The molecule has 0 saturated carbocycles. The number of carbonyl (C=O) groups is 1. The molecule has 1 amide bonds. The van der Waals surface area contributed by atoms with Crippen molar-refractivity contribution in [3.8, 4) is 11.5 Å². The Morgan fingerprint density at radius 3 is 2.81 bits per heavy atom. The number of rotatable bonds is 6. The Morgan fingerprint density at radius 1 is 1.28 bits per heavy atom. The zero-order valence-corrected chi connectivity index (χ0v) is 18.4. The molecule has 2 heterocycles. The van der Waals surface area contributed by atoms with E-state index < -0.39 is 11.5 Å². The second kappa shape index (κ2) is 9.04. The fraction of sp³-hybridized carbons (Fsp3) is 0.261. The molecule has 9 heteroatoms. The molecule has 166 valence electrons. The lowest BCUT2D eigenvalue weighted by Gasteiger charge is -2.27. The Morgan fingerprint density at radius 2 is 2.06 bits per heavy atom. The number of ether oxygens (including phenoxy) is 1. The molecule has 1 atom stereocenters. The zero-order valence-electron chi connectivity index (χ0n) is 17.6. The number of phenolic OH excluding ortho intramolecular Hbond substituents is 1. The van der Waals surface area contributed by atoms with Crippen LogP contribution in [0.4, 0.5) is 10.2 Å². The first-order valence-electron chi connectivity index (χ1n) is 10.1. The van der Waals surface area contributed by atoms with E-state index in [1.165, 1.54) is 23.9 Å². The molecule has 2 aromatic carbocycles. The highest BCUT2D eigenvalue weighted by atomic mass is 32.2. The number of phenols is 1. The van der Waals surface area contributed by atoms with Crippen molar-refractivity contribution in [1.29, 1.82) is 0 Å². The van der Waals surface area contributed by atoms with Crippen molar-refractivity contribution in [1.82, 2.24) is 9.55 Å². The van der Waals surface area contributed by atoms with Crippen LogP contribution in [0.15, 0.2) is 52.4 Å². The maximum atomic E-state index is 14.0. The lowest BCUT2D eigenvalue weighted by atomic mass is 9.86. The zero-order chi connectivity index (χ0) is 22.8. The van der Waals surface area contributed by atoms with Crippen molar-refractivity contribution in [2.45, 2.75) is 30.2 Å². The first-order valence-corrected chi connectivity index (χ1v) is 11.1. The van der Waals surface area contributed by atoms with E-state index in [9.17, 15) is 19.1 Å². The number of anilines is 1. The number of thioether (sulfide) groups is 1. The van der Waals surface area contributed by atoms with Crippen LogP contribution in [0.1, 0.15) is 36.0 Å². The van der Waals surface area contributed by atoms with Crippen molar-refractivity contribution in [3.63, 3.8) is 0 Å². The van der Waals surface area contributed by atoms with Crippen LogP contribution >= 0.6 is 11.8 Å². The standard InChI is InChI=1S/C23H22FN3O4S/c1-3-31-18-10-13(8-9-17(18)28)15-11-19(29)25-21-20(15)22(30)26-23(27(21)2)32-12-14-6-4-5-7-16(14)24/h4-10,15,28H,3,11-12H2,1-2H3,(H,25,29)/t15-/m0/s1. The van der Waals surface area contributed by atoms with Gasteiger partial charge in [-0.25, -0.2) is 4.39 Å². The fourth-order valence-corrected chi connectivity index (χ4v) is 4.68. The lowest BCUT2D eigenvalue weighted by molar-refractivity contribution is -0.116. The summed E-state index contributed by atoms with van der Waals surface area (Å²) in [5, 5.41) is 13.2. The Balaban J connectivity index is 1.72. The van der Waals surface area contributed by atoms with Gasteiger partial charge in [0, 0.05) is 25.1 Å². The molecule has 0 aliphatic carbocycles. The summed E-state index contributed by atoms with van der Waals surface area (Å²) in [5.41, 5.74) is 1.09. The van der Waals surface area contributed by atoms with Crippen LogP contribution in [0.5, 0.6) is 11.5 Å². The van der Waals surface area contributed by atoms with Crippen LogP contribution in [0.2, 0.25) is 0 Å². The van der Waals surface area contributed by atoms with Crippen molar-refractivity contribution in [2.75, 3.05) is 11.9 Å². The summed E-state index contributed by atoms with van der Waals surface area (Å²) in [5.74, 6) is -0.155. The number of amides is 1. The Kier molecular flexibility index (Phi) is 6.18. The number of nitrogens with zero attached hydrogens (tertiary/aromatic N) is 2. The van der Waals surface area contributed by atoms with Gasteiger partial charge in [0.1, 0.15) is 11.6 Å². The van der Waals surface area contributed by atoms with E-state index in [1.807, 2.05) is 0 Å². The number of nitrogens with one attached hydrogen (secondary N) is 1.